The molecule has 1 N–H and O–H groups in total. The van der Waals surface area contributed by atoms with Crippen LogP contribution in [0.25, 0.3) is 0 Å². The zero-order chi connectivity index (χ0) is 21.6. The number of hydrogen-bond donors (Lipinski definition) is 1. The van der Waals surface area contributed by atoms with Crippen LogP contribution in [0, 0.1) is 0 Å². The van der Waals surface area contributed by atoms with Crippen molar-refractivity contribution < 1.29 is 18.6 Å². The van der Waals surface area contributed by atoms with Gasteiger partial charge in [0.05, 0.1) is 11.2 Å². The molecule has 0 unspecified atom stereocenters. The number of halogens is 1. The Morgan fingerprint density at radius 2 is 1.79 bits per heavy atom. The highest BCUT2D eigenvalue weighted by Gasteiger charge is 2.51. The maximum Gasteiger partial charge on any atom is 0.494 e. The van der Waals surface area contributed by atoms with Crippen LogP contribution in [0.5, 0.6) is 0 Å². The van der Waals surface area contributed by atoms with Gasteiger partial charge >= 0.3 is 18.9 Å². The Morgan fingerprint density at radius 1 is 1.17 bits per heavy atom. The summed E-state index contributed by atoms with van der Waals surface area (Å²) in [5, 5.41) is 7.13. The van der Waals surface area contributed by atoms with Crippen LogP contribution in [-0.4, -0.2) is 34.4 Å². The van der Waals surface area contributed by atoms with E-state index >= 15 is 0 Å². The van der Waals surface area contributed by atoms with Crippen molar-refractivity contribution in [3.05, 3.63) is 40.5 Å². The summed E-state index contributed by atoms with van der Waals surface area (Å²) in [7, 11) is -0.490. The fourth-order valence-corrected chi connectivity index (χ4v) is 2.96. The molecule has 9 heteroatoms. The fraction of sp³-hybridized carbons (Fsp3) is 0.550. The summed E-state index contributed by atoms with van der Waals surface area (Å²) < 4.78 is 17.2. The lowest BCUT2D eigenvalue weighted by Crippen LogP contribution is -2.41. The molecule has 1 aliphatic heterocycles. The van der Waals surface area contributed by atoms with Crippen molar-refractivity contribution in [2.24, 2.45) is 0 Å². The topological polar surface area (TPSA) is 86.5 Å². The SMILES string of the molecule is CC(C)(C)c1noc(C(=O)NCc2ccc(B3OC(C)(C)C(C)(C)O3)cc2Cl)n1. The first-order chi connectivity index (χ1) is 13.3. The van der Waals surface area contributed by atoms with E-state index < -0.39 is 24.2 Å². The van der Waals surface area contributed by atoms with Crippen molar-refractivity contribution in [1.29, 1.82) is 0 Å². The van der Waals surface area contributed by atoms with Crippen LogP contribution in [0.1, 0.15) is 70.5 Å². The van der Waals surface area contributed by atoms with Crippen LogP contribution in [0.2, 0.25) is 5.02 Å². The van der Waals surface area contributed by atoms with E-state index in [2.05, 4.69) is 15.5 Å². The van der Waals surface area contributed by atoms with Gasteiger partial charge in [0.25, 0.3) is 0 Å². The molecular weight excluding hydrogens is 393 g/mol. The van der Waals surface area contributed by atoms with Crippen LogP contribution < -0.4 is 10.8 Å². The molecular formula is C20H27BClN3O4. The van der Waals surface area contributed by atoms with Crippen molar-refractivity contribution in [2.45, 2.75) is 71.6 Å². The molecule has 1 amide bonds. The number of hydrogen-bond acceptors (Lipinski definition) is 6. The summed E-state index contributed by atoms with van der Waals surface area (Å²) in [6.45, 7) is 14.1. The molecule has 2 heterocycles. The Hall–Kier alpha value is -1.90. The number of aromatic nitrogens is 2. The van der Waals surface area contributed by atoms with Gasteiger partial charge in [-0.3, -0.25) is 4.79 Å². The van der Waals surface area contributed by atoms with Gasteiger partial charge in [-0.2, -0.15) is 4.98 Å². The molecule has 1 aromatic heterocycles. The van der Waals surface area contributed by atoms with Gasteiger partial charge in [-0.25, -0.2) is 0 Å². The van der Waals surface area contributed by atoms with Crippen molar-refractivity contribution in [3.8, 4) is 0 Å². The molecule has 1 fully saturated rings. The average Bonchev–Trinajstić information content (AvgIpc) is 3.16. The second-order valence-electron chi connectivity index (χ2n) is 9.29. The number of carbonyl (C=O) groups excluding carboxylic acids is 1. The number of rotatable bonds is 4. The molecule has 1 saturated heterocycles. The van der Waals surface area contributed by atoms with Gasteiger partial charge in [0.15, 0.2) is 5.82 Å². The van der Waals surface area contributed by atoms with E-state index in [0.29, 0.717) is 10.8 Å². The van der Waals surface area contributed by atoms with Crippen LogP contribution in [0.15, 0.2) is 22.7 Å². The summed E-state index contributed by atoms with van der Waals surface area (Å²) >= 11 is 6.43. The van der Waals surface area contributed by atoms with E-state index in [1.165, 1.54) is 0 Å². The Balaban J connectivity index is 1.66. The quantitative estimate of drug-likeness (QED) is 0.766. The fourth-order valence-electron chi connectivity index (χ4n) is 2.70. The molecule has 29 heavy (non-hydrogen) atoms. The Bertz CT molecular complexity index is 905. The van der Waals surface area contributed by atoms with E-state index in [1.807, 2.05) is 60.6 Å². The molecule has 0 saturated carbocycles. The lowest BCUT2D eigenvalue weighted by atomic mass is 9.79. The highest BCUT2D eigenvalue weighted by atomic mass is 35.5. The van der Waals surface area contributed by atoms with E-state index in [4.69, 9.17) is 25.4 Å². The summed E-state index contributed by atoms with van der Waals surface area (Å²) in [6, 6.07) is 5.53. The molecule has 0 bridgehead atoms. The van der Waals surface area contributed by atoms with E-state index in [-0.39, 0.29) is 17.9 Å². The minimum absolute atomic E-state index is 0.0695. The smallest absolute Gasteiger partial charge is 0.399 e. The zero-order valence-corrected chi connectivity index (χ0v) is 18.7. The van der Waals surface area contributed by atoms with Crippen molar-refractivity contribution in [2.75, 3.05) is 0 Å². The predicted octanol–water partition coefficient (Wildman–Crippen LogP) is 3.25. The maximum atomic E-state index is 12.3. The second-order valence-corrected chi connectivity index (χ2v) is 9.70. The largest absolute Gasteiger partial charge is 0.494 e. The van der Waals surface area contributed by atoms with Gasteiger partial charge < -0.3 is 19.1 Å². The molecule has 1 aromatic carbocycles. The monoisotopic (exact) mass is 419 g/mol. The minimum atomic E-state index is -0.490. The highest BCUT2D eigenvalue weighted by molar-refractivity contribution is 6.62. The van der Waals surface area contributed by atoms with E-state index in [9.17, 15) is 4.79 Å². The third kappa shape index (κ3) is 4.49. The van der Waals surface area contributed by atoms with E-state index in [0.717, 1.165) is 11.0 Å². The zero-order valence-electron chi connectivity index (χ0n) is 17.9. The number of carbonyl (C=O) groups is 1. The first kappa shape index (κ1) is 21.8. The number of nitrogens with zero attached hydrogens (tertiary/aromatic N) is 2. The summed E-state index contributed by atoms with van der Waals surface area (Å²) in [4.78, 5) is 16.5. The molecule has 0 spiro atoms. The number of benzene rings is 1. The van der Waals surface area contributed by atoms with Gasteiger partial charge in [-0.15, -0.1) is 0 Å². The highest BCUT2D eigenvalue weighted by Crippen LogP contribution is 2.36. The molecule has 3 rings (SSSR count). The molecule has 1 aliphatic rings. The van der Waals surface area contributed by atoms with E-state index in [1.54, 1.807) is 6.07 Å². The normalized spacial score (nSPS) is 18.1. The molecule has 156 valence electrons. The number of amides is 1. The summed E-state index contributed by atoms with van der Waals surface area (Å²) in [5.41, 5.74) is 0.445. The number of nitrogens with one attached hydrogen (secondary N) is 1. The Kier molecular flexibility index (Phi) is 5.58. The third-order valence-corrected chi connectivity index (χ3v) is 5.68. The molecule has 2 aromatic rings. The van der Waals surface area contributed by atoms with Gasteiger partial charge in [-0.05, 0) is 44.8 Å². The van der Waals surface area contributed by atoms with Crippen molar-refractivity contribution in [3.63, 3.8) is 0 Å². The van der Waals surface area contributed by atoms with Gasteiger partial charge in [0, 0.05) is 17.0 Å². The first-order valence-corrected chi connectivity index (χ1v) is 9.94. The van der Waals surface area contributed by atoms with Crippen LogP contribution in [0.4, 0.5) is 0 Å². The maximum absolute atomic E-state index is 12.3. The lowest BCUT2D eigenvalue weighted by Gasteiger charge is -2.32. The average molecular weight is 420 g/mol. The lowest BCUT2D eigenvalue weighted by molar-refractivity contribution is 0.00578. The Labute approximate surface area is 176 Å². The molecule has 7 nitrogen and oxygen atoms in total. The predicted molar refractivity (Wildman–Crippen MR) is 111 cm³/mol. The third-order valence-electron chi connectivity index (χ3n) is 5.33. The molecule has 0 atom stereocenters. The van der Waals surface area contributed by atoms with Crippen LogP contribution >= 0.6 is 11.6 Å². The van der Waals surface area contributed by atoms with Crippen LogP contribution in [0.3, 0.4) is 0 Å². The standard InChI is InChI=1S/C20H27BClN3O4/c1-18(2,3)17-24-16(27-25-17)15(26)23-11-12-8-9-13(10-14(12)22)21-28-19(4,5)20(6,7)29-21/h8-10H,11H2,1-7H3,(H,23,26). The second kappa shape index (κ2) is 7.41. The Morgan fingerprint density at radius 3 is 2.31 bits per heavy atom. The first-order valence-electron chi connectivity index (χ1n) is 9.56. The summed E-state index contributed by atoms with van der Waals surface area (Å²) in [5.74, 6) is -0.0357. The van der Waals surface area contributed by atoms with Crippen molar-refractivity contribution in [1.82, 2.24) is 15.5 Å². The van der Waals surface area contributed by atoms with Gasteiger partial charge in [0.2, 0.25) is 0 Å². The van der Waals surface area contributed by atoms with Gasteiger partial charge in [0.1, 0.15) is 0 Å². The molecule has 0 radical (unpaired) electrons. The van der Waals surface area contributed by atoms with Gasteiger partial charge in [-0.1, -0.05) is 49.7 Å². The summed E-state index contributed by atoms with van der Waals surface area (Å²) in [6.07, 6.45) is 0. The minimum Gasteiger partial charge on any atom is -0.399 e. The molecule has 0 aliphatic carbocycles. The van der Waals surface area contributed by atoms with Crippen molar-refractivity contribution >= 4 is 30.1 Å². The van der Waals surface area contributed by atoms with Crippen LogP contribution in [-0.2, 0) is 21.3 Å².